The van der Waals surface area contributed by atoms with Crippen LogP contribution in [0.5, 0.6) is 0 Å². The van der Waals surface area contributed by atoms with Crippen molar-refractivity contribution in [3.63, 3.8) is 0 Å². The minimum Gasteiger partial charge on any atom is -0.365 e. The Balaban J connectivity index is 1.89. The predicted molar refractivity (Wildman–Crippen MR) is 71.1 cm³/mol. The average Bonchev–Trinajstić information content (AvgIpc) is 2.98. The number of carbonyl (C=O) groups excluding carboxylic acids is 2. The quantitative estimate of drug-likeness (QED) is 0.890. The van der Waals surface area contributed by atoms with Gasteiger partial charge in [-0.2, -0.15) is 0 Å². The highest BCUT2D eigenvalue weighted by molar-refractivity contribution is 7.17. The molecule has 2 aliphatic carbocycles. The minimum absolute atomic E-state index is 0.281. The van der Waals surface area contributed by atoms with E-state index in [9.17, 15) is 14.0 Å². The van der Waals surface area contributed by atoms with Gasteiger partial charge in [0.25, 0.3) is 5.91 Å². The van der Waals surface area contributed by atoms with Crippen molar-refractivity contribution in [2.75, 3.05) is 5.32 Å². The number of fused-ring (bicyclic) bond motifs is 1. The SMILES string of the molecule is NC(=O)c1c(NC(=O)C2CC2F)sc2c1CCCC2. The Bertz CT molecular complexity index is 555. The average molecular weight is 282 g/mol. The van der Waals surface area contributed by atoms with Crippen molar-refractivity contribution in [1.29, 1.82) is 0 Å². The van der Waals surface area contributed by atoms with Crippen LogP contribution >= 0.6 is 11.3 Å². The van der Waals surface area contributed by atoms with Gasteiger partial charge in [0.15, 0.2) is 0 Å². The van der Waals surface area contributed by atoms with Crippen LogP contribution in [0.25, 0.3) is 0 Å². The summed E-state index contributed by atoms with van der Waals surface area (Å²) in [5, 5.41) is 3.18. The highest BCUT2D eigenvalue weighted by Gasteiger charge is 2.44. The monoisotopic (exact) mass is 282 g/mol. The maximum absolute atomic E-state index is 12.9. The summed E-state index contributed by atoms with van der Waals surface area (Å²) in [5.41, 5.74) is 6.83. The number of rotatable bonds is 3. The fraction of sp³-hybridized carbons (Fsp3) is 0.538. The number of anilines is 1. The van der Waals surface area contributed by atoms with Crippen LogP contribution in [0.15, 0.2) is 0 Å². The second kappa shape index (κ2) is 4.59. The van der Waals surface area contributed by atoms with Gasteiger partial charge in [-0.1, -0.05) is 0 Å². The third kappa shape index (κ3) is 2.25. The molecule has 4 nitrogen and oxygen atoms in total. The minimum atomic E-state index is -1.04. The van der Waals surface area contributed by atoms with Crippen molar-refractivity contribution in [2.24, 2.45) is 11.7 Å². The maximum Gasteiger partial charge on any atom is 0.251 e. The lowest BCUT2D eigenvalue weighted by atomic mass is 9.95. The summed E-state index contributed by atoms with van der Waals surface area (Å²) in [6.45, 7) is 0. The van der Waals surface area contributed by atoms with Gasteiger partial charge >= 0.3 is 0 Å². The van der Waals surface area contributed by atoms with E-state index in [1.807, 2.05) is 0 Å². The zero-order chi connectivity index (χ0) is 13.6. The molecule has 2 amide bonds. The Hall–Kier alpha value is -1.43. The summed E-state index contributed by atoms with van der Waals surface area (Å²) in [6, 6.07) is 0. The van der Waals surface area contributed by atoms with Gasteiger partial charge in [0.05, 0.1) is 11.5 Å². The normalized spacial score (nSPS) is 24.7. The molecule has 1 fully saturated rings. The molecule has 1 saturated carbocycles. The number of primary amides is 1. The topological polar surface area (TPSA) is 72.2 Å². The molecule has 3 N–H and O–H groups in total. The Morgan fingerprint density at radius 1 is 1.32 bits per heavy atom. The molecule has 0 aromatic carbocycles. The highest BCUT2D eigenvalue weighted by Crippen LogP contribution is 2.40. The third-order valence-electron chi connectivity index (χ3n) is 3.70. The van der Waals surface area contributed by atoms with E-state index in [4.69, 9.17) is 5.73 Å². The maximum atomic E-state index is 12.9. The second-order valence-corrected chi connectivity index (χ2v) is 6.23. The van der Waals surface area contributed by atoms with Crippen LogP contribution in [0.1, 0.15) is 40.1 Å². The number of thiophene rings is 1. The Morgan fingerprint density at radius 2 is 2.00 bits per heavy atom. The van der Waals surface area contributed by atoms with E-state index in [0.29, 0.717) is 10.6 Å². The van der Waals surface area contributed by atoms with Gasteiger partial charge in [-0.3, -0.25) is 9.59 Å². The molecule has 0 radical (unpaired) electrons. The van der Waals surface area contributed by atoms with Crippen LogP contribution in [0.3, 0.4) is 0 Å². The number of halogens is 1. The summed E-state index contributed by atoms with van der Waals surface area (Å²) in [7, 11) is 0. The first-order valence-corrected chi connectivity index (χ1v) is 7.29. The lowest BCUT2D eigenvalue weighted by molar-refractivity contribution is -0.117. The van der Waals surface area contributed by atoms with Crippen LogP contribution in [-0.2, 0) is 17.6 Å². The number of alkyl halides is 1. The van der Waals surface area contributed by atoms with E-state index in [0.717, 1.165) is 36.1 Å². The van der Waals surface area contributed by atoms with E-state index >= 15 is 0 Å². The van der Waals surface area contributed by atoms with Crippen LogP contribution in [0, 0.1) is 5.92 Å². The van der Waals surface area contributed by atoms with Crippen LogP contribution in [0.4, 0.5) is 9.39 Å². The summed E-state index contributed by atoms with van der Waals surface area (Å²) in [5.74, 6) is -1.41. The second-order valence-electron chi connectivity index (χ2n) is 5.13. The van der Waals surface area contributed by atoms with Crippen molar-refractivity contribution in [3.8, 4) is 0 Å². The standard InChI is InChI=1S/C13H15FN2O2S/c14-8-5-7(8)12(18)16-13-10(11(15)17)6-3-1-2-4-9(6)19-13/h7-8H,1-5H2,(H2,15,17)(H,16,18). The van der Waals surface area contributed by atoms with Crippen LogP contribution in [-0.4, -0.2) is 18.0 Å². The van der Waals surface area contributed by atoms with Gasteiger partial charge in [0.1, 0.15) is 11.2 Å². The molecule has 0 saturated heterocycles. The smallest absolute Gasteiger partial charge is 0.251 e. The number of hydrogen-bond acceptors (Lipinski definition) is 3. The summed E-state index contributed by atoms with van der Waals surface area (Å²) >= 11 is 1.41. The number of nitrogens with two attached hydrogens (primary N) is 1. The number of hydrogen-bond donors (Lipinski definition) is 2. The summed E-state index contributed by atoms with van der Waals surface area (Å²) in [6.07, 6.45) is 3.12. The Labute approximate surface area is 114 Å². The lowest BCUT2D eigenvalue weighted by Crippen LogP contribution is -2.19. The van der Waals surface area contributed by atoms with E-state index in [1.54, 1.807) is 0 Å². The lowest BCUT2D eigenvalue weighted by Gasteiger charge is -2.11. The third-order valence-corrected chi connectivity index (χ3v) is 4.91. The van der Waals surface area contributed by atoms with Crippen LogP contribution < -0.4 is 11.1 Å². The van der Waals surface area contributed by atoms with Crippen molar-refractivity contribution >= 4 is 28.2 Å². The molecule has 2 atom stereocenters. The largest absolute Gasteiger partial charge is 0.365 e. The molecular weight excluding hydrogens is 267 g/mol. The number of nitrogens with one attached hydrogen (secondary N) is 1. The molecule has 19 heavy (non-hydrogen) atoms. The molecule has 0 bridgehead atoms. The Kier molecular flexibility index (Phi) is 3.05. The molecule has 102 valence electrons. The molecular formula is C13H15FN2O2S. The number of aryl methyl sites for hydroxylation is 1. The highest BCUT2D eigenvalue weighted by atomic mass is 32.1. The van der Waals surface area contributed by atoms with Gasteiger partial charge in [-0.25, -0.2) is 4.39 Å². The molecule has 1 heterocycles. The van der Waals surface area contributed by atoms with Gasteiger partial charge < -0.3 is 11.1 Å². The van der Waals surface area contributed by atoms with Crippen molar-refractivity contribution in [1.82, 2.24) is 0 Å². The first kappa shape index (κ1) is 12.6. The zero-order valence-electron chi connectivity index (χ0n) is 10.4. The predicted octanol–water partition coefficient (Wildman–Crippen LogP) is 2.02. The Morgan fingerprint density at radius 3 is 2.63 bits per heavy atom. The van der Waals surface area contributed by atoms with Crippen LogP contribution in [0.2, 0.25) is 0 Å². The zero-order valence-corrected chi connectivity index (χ0v) is 11.2. The fourth-order valence-electron chi connectivity index (χ4n) is 2.55. The molecule has 1 aromatic rings. The van der Waals surface area contributed by atoms with E-state index in [2.05, 4.69) is 5.32 Å². The van der Waals surface area contributed by atoms with Gasteiger partial charge in [-0.05, 0) is 37.7 Å². The summed E-state index contributed by atoms with van der Waals surface area (Å²) in [4.78, 5) is 24.5. The van der Waals surface area contributed by atoms with E-state index in [1.165, 1.54) is 11.3 Å². The molecule has 2 unspecified atom stereocenters. The summed E-state index contributed by atoms with van der Waals surface area (Å²) < 4.78 is 12.9. The van der Waals surface area contributed by atoms with Crippen molar-refractivity contribution in [2.45, 2.75) is 38.3 Å². The van der Waals surface area contributed by atoms with E-state index in [-0.39, 0.29) is 12.3 Å². The van der Waals surface area contributed by atoms with E-state index < -0.39 is 18.0 Å². The number of amides is 2. The molecule has 0 spiro atoms. The first-order valence-electron chi connectivity index (χ1n) is 6.47. The molecule has 2 aliphatic rings. The molecule has 3 rings (SSSR count). The van der Waals surface area contributed by atoms with Gasteiger partial charge in [-0.15, -0.1) is 11.3 Å². The molecule has 0 aliphatic heterocycles. The molecule has 1 aromatic heterocycles. The van der Waals surface area contributed by atoms with Crippen molar-refractivity contribution in [3.05, 3.63) is 16.0 Å². The number of carbonyl (C=O) groups is 2. The van der Waals surface area contributed by atoms with Gasteiger partial charge in [0, 0.05) is 4.88 Å². The molecule has 6 heteroatoms. The first-order chi connectivity index (χ1) is 9.08. The fourth-order valence-corrected chi connectivity index (χ4v) is 3.85. The van der Waals surface area contributed by atoms with Crippen molar-refractivity contribution < 1.29 is 14.0 Å². The van der Waals surface area contributed by atoms with Gasteiger partial charge in [0.2, 0.25) is 5.91 Å².